The van der Waals surface area contributed by atoms with E-state index in [2.05, 4.69) is 47.8 Å². The lowest BCUT2D eigenvalue weighted by atomic mass is 9.94. The highest BCUT2D eigenvalue weighted by atomic mass is 79.9. The Labute approximate surface area is 124 Å². The number of nitrogens with zero attached hydrogens (tertiary/aromatic N) is 1. The maximum atomic E-state index is 5.83. The van der Waals surface area contributed by atoms with Crippen LogP contribution in [0.4, 0.5) is 0 Å². The summed E-state index contributed by atoms with van der Waals surface area (Å²) in [6.07, 6.45) is 1.11. The lowest BCUT2D eigenvalue weighted by molar-refractivity contribution is 0.301. The van der Waals surface area contributed by atoms with Crippen molar-refractivity contribution in [2.45, 2.75) is 26.3 Å². The molecule has 0 radical (unpaired) electrons. The normalized spacial score (nSPS) is 23.9. The Morgan fingerprint density at radius 3 is 2.63 bits per heavy atom. The molecule has 0 aromatic heterocycles. The van der Waals surface area contributed by atoms with Crippen LogP contribution in [0.25, 0.3) is 0 Å². The van der Waals surface area contributed by atoms with Crippen LogP contribution in [0.3, 0.4) is 0 Å². The summed E-state index contributed by atoms with van der Waals surface area (Å²) in [6.45, 7) is 6.09. The molecule has 1 fully saturated rings. The van der Waals surface area contributed by atoms with Gasteiger partial charge in [-0.2, -0.15) is 0 Å². The van der Waals surface area contributed by atoms with Gasteiger partial charge in [0.1, 0.15) is 5.75 Å². The number of nitrogens with two attached hydrogens (primary N) is 1. The molecule has 2 rings (SSSR count). The maximum absolute atomic E-state index is 5.83. The van der Waals surface area contributed by atoms with Gasteiger partial charge in [-0.25, -0.2) is 0 Å². The number of halogens is 1. The van der Waals surface area contributed by atoms with Crippen molar-refractivity contribution in [3.8, 4) is 5.75 Å². The third-order valence-corrected chi connectivity index (χ3v) is 5.14. The second kappa shape index (κ2) is 5.81. The zero-order valence-corrected chi connectivity index (χ0v) is 13.8. The number of likely N-dealkylation sites (tertiary alicyclic amines) is 1. The highest BCUT2D eigenvalue weighted by Crippen LogP contribution is 2.44. The molecule has 4 heteroatoms. The molecule has 1 heterocycles. The van der Waals surface area contributed by atoms with Crippen molar-refractivity contribution in [1.29, 1.82) is 0 Å². The molecule has 1 aromatic rings. The highest BCUT2D eigenvalue weighted by Gasteiger charge is 2.33. The highest BCUT2D eigenvalue weighted by molar-refractivity contribution is 9.10. The number of benzene rings is 1. The average Bonchev–Trinajstić information content (AvgIpc) is 2.74. The summed E-state index contributed by atoms with van der Waals surface area (Å²) in [5, 5.41) is 0. The fourth-order valence-corrected chi connectivity index (χ4v) is 3.66. The number of methoxy groups -OCH3 is 1. The molecule has 19 heavy (non-hydrogen) atoms. The molecule has 1 aliphatic rings. The summed E-state index contributed by atoms with van der Waals surface area (Å²) in [5.41, 5.74) is 9.65. The second-order valence-corrected chi connectivity index (χ2v) is 6.36. The Kier molecular flexibility index (Phi) is 4.54. The summed E-state index contributed by atoms with van der Waals surface area (Å²) in [5.74, 6) is 1.56. The number of hydrogen-bond acceptors (Lipinski definition) is 3. The molecule has 0 bridgehead atoms. The molecule has 1 aliphatic heterocycles. The SMILES string of the molecule is COc1c(Br)c(C)cc(C)c1C1CC(CN)CN1C. The van der Waals surface area contributed by atoms with Crippen molar-refractivity contribution in [2.24, 2.45) is 11.7 Å². The Balaban J connectivity index is 2.47. The van der Waals surface area contributed by atoms with Gasteiger partial charge in [0.2, 0.25) is 0 Å². The first-order chi connectivity index (χ1) is 8.99. The Morgan fingerprint density at radius 2 is 2.11 bits per heavy atom. The Hall–Kier alpha value is -0.580. The monoisotopic (exact) mass is 326 g/mol. The Morgan fingerprint density at radius 1 is 1.42 bits per heavy atom. The molecule has 0 saturated carbocycles. The maximum Gasteiger partial charge on any atom is 0.138 e. The number of hydrogen-bond donors (Lipinski definition) is 1. The fourth-order valence-electron chi connectivity index (χ4n) is 3.17. The molecule has 2 unspecified atom stereocenters. The number of rotatable bonds is 3. The first kappa shape index (κ1) is 14.8. The van der Waals surface area contributed by atoms with Crippen LogP contribution in [0.15, 0.2) is 10.5 Å². The molecule has 0 amide bonds. The zero-order valence-electron chi connectivity index (χ0n) is 12.2. The minimum absolute atomic E-state index is 0.403. The summed E-state index contributed by atoms with van der Waals surface area (Å²) < 4.78 is 6.73. The lowest BCUT2D eigenvalue weighted by Crippen LogP contribution is -2.21. The van der Waals surface area contributed by atoms with Gasteiger partial charge in [0, 0.05) is 18.2 Å². The smallest absolute Gasteiger partial charge is 0.138 e. The number of aryl methyl sites for hydroxylation is 2. The lowest BCUT2D eigenvalue weighted by Gasteiger charge is -2.25. The summed E-state index contributed by atoms with van der Waals surface area (Å²) >= 11 is 3.66. The van der Waals surface area contributed by atoms with Gasteiger partial charge >= 0.3 is 0 Å². The van der Waals surface area contributed by atoms with Crippen LogP contribution in [-0.2, 0) is 0 Å². The van der Waals surface area contributed by atoms with E-state index < -0.39 is 0 Å². The van der Waals surface area contributed by atoms with Crippen LogP contribution in [0, 0.1) is 19.8 Å². The predicted octanol–water partition coefficient (Wildman–Crippen LogP) is 3.03. The zero-order chi connectivity index (χ0) is 14.2. The standard InChI is InChI=1S/C15H23BrN2O/c1-9-5-10(2)14(16)15(19-4)13(9)12-6-11(7-17)8-18(12)3/h5,11-12H,6-8,17H2,1-4H3. The van der Waals surface area contributed by atoms with Crippen molar-refractivity contribution in [3.05, 3.63) is 27.2 Å². The fraction of sp³-hybridized carbons (Fsp3) is 0.600. The molecule has 2 atom stereocenters. The first-order valence-corrected chi connectivity index (χ1v) is 7.52. The van der Waals surface area contributed by atoms with Crippen molar-refractivity contribution in [3.63, 3.8) is 0 Å². The van der Waals surface area contributed by atoms with E-state index in [-0.39, 0.29) is 0 Å². The van der Waals surface area contributed by atoms with Crippen LogP contribution in [0.1, 0.15) is 29.2 Å². The molecule has 1 saturated heterocycles. The topological polar surface area (TPSA) is 38.5 Å². The summed E-state index contributed by atoms with van der Waals surface area (Å²) in [7, 11) is 3.92. The minimum Gasteiger partial charge on any atom is -0.495 e. The van der Waals surface area contributed by atoms with E-state index in [1.165, 1.54) is 16.7 Å². The minimum atomic E-state index is 0.403. The molecular weight excluding hydrogens is 304 g/mol. The summed E-state index contributed by atoms with van der Waals surface area (Å²) in [4.78, 5) is 2.39. The van der Waals surface area contributed by atoms with Gasteiger partial charge in [0.05, 0.1) is 11.6 Å². The predicted molar refractivity (Wildman–Crippen MR) is 82.7 cm³/mol. The van der Waals surface area contributed by atoms with Gasteiger partial charge in [0.25, 0.3) is 0 Å². The molecule has 106 valence electrons. The van der Waals surface area contributed by atoms with E-state index >= 15 is 0 Å². The summed E-state index contributed by atoms with van der Waals surface area (Å²) in [6, 6.07) is 2.63. The van der Waals surface area contributed by atoms with Gasteiger partial charge in [-0.05, 0) is 66.8 Å². The van der Waals surface area contributed by atoms with Crippen LogP contribution < -0.4 is 10.5 Å². The van der Waals surface area contributed by atoms with Gasteiger partial charge < -0.3 is 10.5 Å². The quantitative estimate of drug-likeness (QED) is 0.927. The van der Waals surface area contributed by atoms with E-state index in [9.17, 15) is 0 Å². The van der Waals surface area contributed by atoms with Crippen LogP contribution >= 0.6 is 15.9 Å². The molecule has 0 spiro atoms. The van der Waals surface area contributed by atoms with E-state index in [4.69, 9.17) is 10.5 Å². The molecular formula is C15H23BrN2O. The van der Waals surface area contributed by atoms with Crippen LogP contribution in [0.5, 0.6) is 5.75 Å². The van der Waals surface area contributed by atoms with Crippen LogP contribution in [-0.4, -0.2) is 32.1 Å². The molecule has 3 nitrogen and oxygen atoms in total. The third kappa shape index (κ3) is 2.67. The van der Waals surface area contributed by atoms with Crippen molar-refractivity contribution in [1.82, 2.24) is 4.90 Å². The Bertz CT molecular complexity index is 476. The van der Waals surface area contributed by atoms with E-state index in [0.29, 0.717) is 12.0 Å². The van der Waals surface area contributed by atoms with E-state index in [1.807, 2.05) is 0 Å². The van der Waals surface area contributed by atoms with E-state index in [1.54, 1.807) is 7.11 Å². The molecule has 2 N–H and O–H groups in total. The third-order valence-electron chi connectivity index (χ3n) is 4.15. The van der Waals surface area contributed by atoms with E-state index in [0.717, 1.165) is 29.7 Å². The van der Waals surface area contributed by atoms with Gasteiger partial charge in [0.15, 0.2) is 0 Å². The molecule has 1 aromatic carbocycles. The van der Waals surface area contributed by atoms with Crippen LogP contribution in [0.2, 0.25) is 0 Å². The molecule has 0 aliphatic carbocycles. The van der Waals surface area contributed by atoms with Gasteiger partial charge in [-0.15, -0.1) is 0 Å². The van der Waals surface area contributed by atoms with Crippen molar-refractivity contribution in [2.75, 3.05) is 27.2 Å². The second-order valence-electron chi connectivity index (χ2n) is 5.56. The van der Waals surface area contributed by atoms with Crippen molar-refractivity contribution < 1.29 is 4.74 Å². The first-order valence-electron chi connectivity index (χ1n) is 6.73. The van der Waals surface area contributed by atoms with Crippen molar-refractivity contribution >= 4 is 15.9 Å². The largest absolute Gasteiger partial charge is 0.495 e. The van der Waals surface area contributed by atoms with Gasteiger partial charge in [-0.1, -0.05) is 6.07 Å². The average molecular weight is 327 g/mol. The number of ether oxygens (including phenoxy) is 1. The van der Waals surface area contributed by atoms with Gasteiger partial charge in [-0.3, -0.25) is 4.90 Å².